The first-order valence-corrected chi connectivity index (χ1v) is 9.92. The molecule has 0 radical (unpaired) electrons. The van der Waals surface area contributed by atoms with E-state index >= 15 is 0 Å². The number of fused-ring (bicyclic) bond motifs is 1. The van der Waals surface area contributed by atoms with E-state index in [0.29, 0.717) is 5.76 Å². The molecule has 2 unspecified atom stereocenters. The zero-order chi connectivity index (χ0) is 23.5. The Hall–Kier alpha value is -4.35. The second-order valence-electron chi connectivity index (χ2n) is 7.09. The maximum Gasteiger partial charge on any atom is 0.332 e. The van der Waals surface area contributed by atoms with Crippen LogP contribution >= 0.6 is 0 Å². The van der Waals surface area contributed by atoms with E-state index in [1.807, 2.05) is 0 Å². The molecular weight excluding hydrogens is 434 g/mol. The maximum absolute atomic E-state index is 12.9. The molecule has 12 heteroatoms. The van der Waals surface area contributed by atoms with E-state index in [9.17, 15) is 19.2 Å². The third-order valence-electron chi connectivity index (χ3n) is 5.25. The number of ether oxygens (including phenoxy) is 2. The molecule has 12 nitrogen and oxygen atoms in total. The molecule has 0 bridgehead atoms. The van der Waals surface area contributed by atoms with Gasteiger partial charge < -0.3 is 13.9 Å². The second kappa shape index (κ2) is 9.02. The monoisotopic (exact) mass is 453 g/mol. The van der Waals surface area contributed by atoms with Crippen molar-refractivity contribution in [2.75, 3.05) is 14.2 Å². The molecule has 0 fully saturated rings. The molecule has 1 aliphatic heterocycles. The Morgan fingerprint density at radius 3 is 2.12 bits per heavy atom. The second-order valence-corrected chi connectivity index (χ2v) is 7.09. The van der Waals surface area contributed by atoms with Gasteiger partial charge in [-0.2, -0.15) is 0 Å². The SMILES string of the molecule is COC(=O)C(CCC(C(=O)OC)n1nnc(-c2ccco2)n1)N1C(=O)c2ccccc2C1=O. The highest BCUT2D eigenvalue weighted by atomic mass is 16.5. The van der Waals surface area contributed by atoms with Gasteiger partial charge in [0.2, 0.25) is 5.82 Å². The highest BCUT2D eigenvalue weighted by molar-refractivity contribution is 6.22. The highest BCUT2D eigenvalue weighted by Crippen LogP contribution is 2.28. The molecule has 0 saturated carbocycles. The first-order valence-electron chi connectivity index (χ1n) is 9.92. The van der Waals surface area contributed by atoms with Crippen molar-refractivity contribution < 1.29 is 33.1 Å². The Labute approximate surface area is 187 Å². The lowest BCUT2D eigenvalue weighted by Crippen LogP contribution is -2.46. The summed E-state index contributed by atoms with van der Waals surface area (Å²) in [6, 6.07) is 7.21. The van der Waals surface area contributed by atoms with Gasteiger partial charge in [-0.05, 0) is 42.3 Å². The van der Waals surface area contributed by atoms with Gasteiger partial charge in [-0.15, -0.1) is 15.0 Å². The third kappa shape index (κ3) is 3.97. The first kappa shape index (κ1) is 21.9. The van der Waals surface area contributed by atoms with Crippen LogP contribution in [0.15, 0.2) is 47.1 Å². The Balaban J connectivity index is 1.59. The van der Waals surface area contributed by atoms with Crippen LogP contribution in [0.1, 0.15) is 39.6 Å². The van der Waals surface area contributed by atoms with Crippen molar-refractivity contribution >= 4 is 23.8 Å². The number of imide groups is 1. The Kier molecular flexibility index (Phi) is 5.98. The fourth-order valence-corrected chi connectivity index (χ4v) is 3.62. The summed E-state index contributed by atoms with van der Waals surface area (Å²) in [7, 11) is 2.35. The van der Waals surface area contributed by atoms with Crippen molar-refractivity contribution in [1.82, 2.24) is 25.1 Å². The van der Waals surface area contributed by atoms with Crippen LogP contribution in [-0.2, 0) is 19.1 Å². The number of hydrogen-bond donors (Lipinski definition) is 0. The highest BCUT2D eigenvalue weighted by Gasteiger charge is 2.43. The summed E-state index contributed by atoms with van der Waals surface area (Å²) in [6.07, 6.45) is 1.29. The summed E-state index contributed by atoms with van der Waals surface area (Å²) in [5, 5.41) is 11.9. The average Bonchev–Trinajstić information content (AvgIpc) is 3.58. The number of hydrogen-bond acceptors (Lipinski definition) is 10. The molecule has 170 valence electrons. The van der Waals surface area contributed by atoms with Crippen LogP contribution in [0.5, 0.6) is 0 Å². The Morgan fingerprint density at radius 2 is 1.55 bits per heavy atom. The van der Waals surface area contributed by atoms with E-state index in [1.165, 1.54) is 25.5 Å². The van der Waals surface area contributed by atoms with Crippen LogP contribution < -0.4 is 0 Å². The van der Waals surface area contributed by atoms with Gasteiger partial charge in [0, 0.05) is 0 Å². The smallest absolute Gasteiger partial charge is 0.332 e. The summed E-state index contributed by atoms with van der Waals surface area (Å²) in [6.45, 7) is 0. The number of rotatable bonds is 8. The van der Waals surface area contributed by atoms with Crippen molar-refractivity contribution in [2.45, 2.75) is 24.9 Å². The van der Waals surface area contributed by atoms with Gasteiger partial charge in [0.05, 0.1) is 31.6 Å². The van der Waals surface area contributed by atoms with Crippen LogP contribution in [0.2, 0.25) is 0 Å². The zero-order valence-electron chi connectivity index (χ0n) is 17.7. The lowest BCUT2D eigenvalue weighted by Gasteiger charge is -2.25. The van der Waals surface area contributed by atoms with Crippen molar-refractivity contribution in [3.8, 4) is 11.6 Å². The van der Waals surface area contributed by atoms with E-state index in [0.717, 1.165) is 16.8 Å². The van der Waals surface area contributed by atoms with Gasteiger partial charge >= 0.3 is 11.9 Å². The van der Waals surface area contributed by atoms with E-state index in [4.69, 9.17) is 13.9 Å². The minimum Gasteiger partial charge on any atom is -0.467 e. The van der Waals surface area contributed by atoms with Crippen LogP contribution in [0.4, 0.5) is 0 Å². The standard InChI is InChI=1S/C21H19N5O7/c1-31-20(29)14(25-18(27)12-6-3-4-7-13(12)19(25)28)9-10-15(21(30)32-2)26-23-17(22-24-26)16-8-5-11-33-16/h3-8,11,14-15H,9-10H2,1-2H3. The molecule has 0 N–H and O–H groups in total. The van der Waals surface area contributed by atoms with E-state index in [1.54, 1.807) is 24.3 Å². The number of tetrazole rings is 1. The Morgan fingerprint density at radius 1 is 0.939 bits per heavy atom. The molecule has 2 aromatic heterocycles. The summed E-state index contributed by atoms with van der Waals surface area (Å²) >= 11 is 0. The first-order chi connectivity index (χ1) is 16.0. The van der Waals surface area contributed by atoms with Crippen molar-refractivity contribution in [1.29, 1.82) is 0 Å². The molecule has 3 aromatic rings. The molecule has 0 saturated heterocycles. The molecule has 2 amide bonds. The molecule has 4 rings (SSSR count). The average molecular weight is 453 g/mol. The van der Waals surface area contributed by atoms with Gasteiger partial charge in [0.1, 0.15) is 6.04 Å². The number of esters is 2. The van der Waals surface area contributed by atoms with Crippen LogP contribution in [-0.4, -0.2) is 69.1 Å². The van der Waals surface area contributed by atoms with Crippen molar-refractivity contribution in [3.63, 3.8) is 0 Å². The van der Waals surface area contributed by atoms with Crippen molar-refractivity contribution in [3.05, 3.63) is 53.8 Å². The number of amides is 2. The minimum atomic E-state index is -1.26. The van der Waals surface area contributed by atoms with E-state index in [2.05, 4.69) is 15.4 Å². The zero-order valence-corrected chi connectivity index (χ0v) is 17.7. The third-order valence-corrected chi connectivity index (χ3v) is 5.25. The molecular formula is C21H19N5O7. The molecule has 0 spiro atoms. The molecule has 2 atom stereocenters. The molecule has 3 heterocycles. The van der Waals surface area contributed by atoms with E-state index in [-0.39, 0.29) is 29.8 Å². The van der Waals surface area contributed by atoms with Crippen molar-refractivity contribution in [2.24, 2.45) is 0 Å². The van der Waals surface area contributed by atoms with Crippen LogP contribution in [0, 0.1) is 0 Å². The Bertz CT molecular complexity index is 1170. The molecule has 1 aromatic carbocycles. The lowest BCUT2D eigenvalue weighted by molar-refractivity contribution is -0.148. The summed E-state index contributed by atoms with van der Waals surface area (Å²) in [5.41, 5.74) is 0.393. The number of aromatic nitrogens is 4. The predicted octanol–water partition coefficient (Wildman–Crippen LogP) is 1.27. The lowest BCUT2D eigenvalue weighted by atomic mass is 10.0. The predicted molar refractivity (Wildman–Crippen MR) is 109 cm³/mol. The maximum atomic E-state index is 12.9. The number of furan rings is 1. The van der Waals surface area contributed by atoms with Gasteiger partial charge in [0.15, 0.2) is 11.8 Å². The normalized spacial score (nSPS) is 14.7. The number of methoxy groups -OCH3 is 2. The van der Waals surface area contributed by atoms with Crippen LogP contribution in [0.3, 0.4) is 0 Å². The minimum absolute atomic E-state index is 0.0478. The van der Waals surface area contributed by atoms with Gasteiger partial charge in [-0.3, -0.25) is 14.5 Å². The number of nitrogens with zero attached hydrogens (tertiary/aromatic N) is 5. The van der Waals surface area contributed by atoms with Gasteiger partial charge in [-0.25, -0.2) is 9.59 Å². The summed E-state index contributed by atoms with van der Waals surface area (Å²) in [4.78, 5) is 52.6. The largest absolute Gasteiger partial charge is 0.467 e. The summed E-state index contributed by atoms with van der Waals surface area (Å²) in [5.74, 6) is -2.21. The van der Waals surface area contributed by atoms with Crippen LogP contribution in [0.25, 0.3) is 11.6 Å². The fourth-order valence-electron chi connectivity index (χ4n) is 3.62. The van der Waals surface area contributed by atoms with E-state index < -0.39 is 35.8 Å². The topological polar surface area (TPSA) is 147 Å². The van der Waals surface area contributed by atoms with Gasteiger partial charge in [0.25, 0.3) is 11.8 Å². The number of carbonyl (C=O) groups is 4. The quantitative estimate of drug-likeness (QED) is 0.361. The molecule has 1 aliphatic rings. The molecule has 0 aliphatic carbocycles. The summed E-state index contributed by atoms with van der Waals surface area (Å²) < 4.78 is 14.9. The molecule has 33 heavy (non-hydrogen) atoms. The number of benzene rings is 1. The fraction of sp³-hybridized carbons (Fsp3) is 0.286. The number of carbonyl (C=O) groups excluding carboxylic acids is 4. The van der Waals surface area contributed by atoms with Gasteiger partial charge in [-0.1, -0.05) is 12.1 Å².